The fourth-order valence-electron chi connectivity index (χ4n) is 1.95. The van der Waals surface area contributed by atoms with Gasteiger partial charge in [-0.25, -0.2) is 14.5 Å². The predicted octanol–water partition coefficient (Wildman–Crippen LogP) is 1.58. The Morgan fingerprint density at radius 1 is 1.33 bits per heavy atom. The van der Waals surface area contributed by atoms with Crippen LogP contribution >= 0.6 is 11.8 Å². The van der Waals surface area contributed by atoms with E-state index in [-0.39, 0.29) is 23.4 Å². The van der Waals surface area contributed by atoms with Crippen molar-refractivity contribution in [2.75, 3.05) is 17.0 Å². The highest BCUT2D eigenvalue weighted by Gasteiger charge is 2.12. The molecule has 0 bridgehead atoms. The zero-order valence-electron chi connectivity index (χ0n) is 14.0. The lowest BCUT2D eigenvalue weighted by molar-refractivity contribution is -0.118. The van der Waals surface area contributed by atoms with Crippen molar-refractivity contribution in [3.63, 3.8) is 0 Å². The number of halogens is 1. The Morgan fingerprint density at radius 3 is 2.89 bits per heavy atom. The zero-order chi connectivity index (χ0) is 19.1. The van der Waals surface area contributed by atoms with Crippen molar-refractivity contribution >= 4 is 29.8 Å². The van der Waals surface area contributed by atoms with Gasteiger partial charge in [-0.05, 0) is 29.8 Å². The number of rotatable bonds is 8. The zero-order valence-corrected chi connectivity index (χ0v) is 14.8. The number of nitrogens with zero attached hydrogens (tertiary/aromatic N) is 4. The molecule has 2 aromatic heterocycles. The molecule has 0 fully saturated rings. The van der Waals surface area contributed by atoms with Gasteiger partial charge in [0, 0.05) is 0 Å². The minimum atomic E-state index is -0.323. The number of nitrogens with one attached hydrogen (secondary N) is 2. The maximum atomic E-state index is 12.8. The van der Waals surface area contributed by atoms with Gasteiger partial charge < -0.3 is 15.6 Å². The minimum absolute atomic E-state index is 0.120. The Morgan fingerprint density at radius 2 is 2.15 bits per heavy atom. The maximum Gasteiger partial charge on any atom is 0.264 e. The number of anilines is 1. The highest BCUT2D eigenvalue weighted by molar-refractivity contribution is 7.99. The standard InChI is InChI=1S/C16H16FN7O2S/c17-12-5-3-11(4-6-12)8-20-21-15-22-23-16(24(15)18)27-10-14(25)19-9-13-2-1-7-26-13/h1-8H,9-10,18H2,(H,19,25)(H,21,22)/b20-8+. The predicted molar refractivity (Wildman–Crippen MR) is 99.1 cm³/mol. The number of benzene rings is 1. The average Bonchev–Trinajstić information content (AvgIpc) is 3.31. The fraction of sp³-hybridized carbons (Fsp3) is 0.125. The van der Waals surface area contributed by atoms with E-state index in [0.717, 1.165) is 11.8 Å². The second kappa shape index (κ2) is 8.85. The van der Waals surface area contributed by atoms with Crippen molar-refractivity contribution in [1.29, 1.82) is 0 Å². The highest BCUT2D eigenvalue weighted by atomic mass is 32.2. The van der Waals surface area contributed by atoms with E-state index >= 15 is 0 Å². The van der Waals surface area contributed by atoms with Crippen LogP contribution in [0.4, 0.5) is 10.3 Å². The van der Waals surface area contributed by atoms with Gasteiger partial charge in [0.1, 0.15) is 11.6 Å². The van der Waals surface area contributed by atoms with Crippen molar-refractivity contribution < 1.29 is 13.6 Å². The van der Waals surface area contributed by atoms with E-state index < -0.39 is 0 Å². The molecule has 0 aliphatic heterocycles. The number of hydrogen-bond donors (Lipinski definition) is 3. The summed E-state index contributed by atoms with van der Waals surface area (Å²) in [4.78, 5) is 11.8. The van der Waals surface area contributed by atoms with Crippen molar-refractivity contribution in [2.45, 2.75) is 11.7 Å². The molecule has 1 amide bonds. The molecular weight excluding hydrogens is 373 g/mol. The van der Waals surface area contributed by atoms with Crippen LogP contribution in [0.5, 0.6) is 0 Å². The quantitative estimate of drug-likeness (QED) is 0.231. The van der Waals surface area contributed by atoms with Crippen LogP contribution in [0, 0.1) is 5.82 Å². The van der Waals surface area contributed by atoms with E-state index in [2.05, 4.69) is 26.0 Å². The summed E-state index contributed by atoms with van der Waals surface area (Å²) in [5, 5.41) is 14.8. The summed E-state index contributed by atoms with van der Waals surface area (Å²) in [5.74, 6) is 6.35. The molecule has 0 atom stereocenters. The summed E-state index contributed by atoms with van der Waals surface area (Å²) in [6, 6.07) is 9.35. The van der Waals surface area contributed by atoms with Crippen molar-refractivity contribution in [2.24, 2.45) is 5.10 Å². The molecule has 0 saturated carbocycles. The molecule has 0 radical (unpaired) electrons. The van der Waals surface area contributed by atoms with Crippen molar-refractivity contribution in [3.8, 4) is 0 Å². The Bertz CT molecular complexity index is 910. The van der Waals surface area contributed by atoms with Gasteiger partial charge in [-0.2, -0.15) is 5.10 Å². The molecular formula is C16H16FN7O2S. The topological polar surface area (TPSA) is 123 Å². The van der Waals surface area contributed by atoms with Crippen LogP contribution in [0.1, 0.15) is 11.3 Å². The second-order valence-corrected chi connectivity index (χ2v) is 6.19. The number of nitrogens with two attached hydrogens (primary N) is 1. The number of furan rings is 1. The van der Waals surface area contributed by atoms with E-state index in [4.69, 9.17) is 10.3 Å². The van der Waals surface area contributed by atoms with Gasteiger partial charge in [0.15, 0.2) is 0 Å². The van der Waals surface area contributed by atoms with Gasteiger partial charge in [0.2, 0.25) is 11.1 Å². The molecule has 140 valence electrons. The first-order chi connectivity index (χ1) is 13.1. The third kappa shape index (κ3) is 5.31. The van der Waals surface area contributed by atoms with E-state index in [9.17, 15) is 9.18 Å². The molecule has 0 aliphatic carbocycles. The van der Waals surface area contributed by atoms with Crippen LogP contribution in [-0.2, 0) is 11.3 Å². The smallest absolute Gasteiger partial charge is 0.264 e. The number of carbonyl (C=O) groups is 1. The molecule has 3 rings (SSSR count). The summed E-state index contributed by atoms with van der Waals surface area (Å²) in [5.41, 5.74) is 3.35. The first-order valence-corrected chi connectivity index (χ1v) is 8.77. The SMILES string of the molecule is Nn1c(N/N=C/c2ccc(F)cc2)nnc1SCC(=O)NCc1ccco1. The number of nitrogen functional groups attached to an aromatic ring is 1. The number of thioether (sulfide) groups is 1. The van der Waals surface area contributed by atoms with Crippen LogP contribution < -0.4 is 16.6 Å². The maximum absolute atomic E-state index is 12.8. The molecule has 11 heteroatoms. The van der Waals surface area contributed by atoms with E-state index in [1.165, 1.54) is 23.0 Å². The lowest BCUT2D eigenvalue weighted by Gasteiger charge is -2.04. The Hall–Kier alpha value is -3.34. The molecule has 0 aliphatic rings. The average molecular weight is 389 g/mol. The Balaban J connectivity index is 1.47. The monoisotopic (exact) mass is 389 g/mol. The van der Waals surface area contributed by atoms with Gasteiger partial charge >= 0.3 is 0 Å². The van der Waals surface area contributed by atoms with E-state index in [1.54, 1.807) is 30.5 Å². The molecule has 2 heterocycles. The summed E-state index contributed by atoms with van der Waals surface area (Å²) >= 11 is 1.13. The van der Waals surface area contributed by atoms with Crippen molar-refractivity contribution in [1.82, 2.24) is 20.2 Å². The molecule has 0 saturated heterocycles. The molecule has 9 nitrogen and oxygen atoms in total. The van der Waals surface area contributed by atoms with E-state index in [0.29, 0.717) is 23.0 Å². The normalized spacial score (nSPS) is 11.0. The Kier molecular flexibility index (Phi) is 6.05. The number of amides is 1. The van der Waals surface area contributed by atoms with Gasteiger partial charge in [0.25, 0.3) is 5.95 Å². The molecule has 1 aromatic carbocycles. The van der Waals surface area contributed by atoms with E-state index in [1.807, 2.05) is 0 Å². The van der Waals surface area contributed by atoms with Crippen LogP contribution in [0.2, 0.25) is 0 Å². The third-order valence-corrected chi connectivity index (χ3v) is 4.23. The first kappa shape index (κ1) is 18.5. The molecule has 4 N–H and O–H groups in total. The third-order valence-electron chi connectivity index (χ3n) is 3.28. The highest BCUT2D eigenvalue weighted by Crippen LogP contribution is 2.16. The van der Waals surface area contributed by atoms with Crippen LogP contribution in [0.15, 0.2) is 57.3 Å². The number of carbonyl (C=O) groups excluding carboxylic acids is 1. The van der Waals surface area contributed by atoms with Gasteiger partial charge in [0.05, 0.1) is 24.8 Å². The number of hydrogen-bond acceptors (Lipinski definition) is 8. The summed E-state index contributed by atoms with van der Waals surface area (Å²) in [6.45, 7) is 0.312. The lowest BCUT2D eigenvalue weighted by atomic mass is 10.2. The van der Waals surface area contributed by atoms with Gasteiger partial charge in [-0.3, -0.25) is 4.79 Å². The number of aromatic nitrogens is 3. The molecule has 0 unspecified atom stereocenters. The summed E-state index contributed by atoms with van der Waals surface area (Å²) < 4.78 is 19.2. The Labute approximate surface area is 157 Å². The second-order valence-electron chi connectivity index (χ2n) is 5.24. The van der Waals surface area contributed by atoms with Gasteiger partial charge in [-0.15, -0.1) is 10.2 Å². The van der Waals surface area contributed by atoms with Crippen molar-refractivity contribution in [3.05, 3.63) is 59.8 Å². The summed E-state index contributed by atoms with van der Waals surface area (Å²) in [7, 11) is 0. The fourth-order valence-corrected chi connectivity index (χ4v) is 2.63. The van der Waals surface area contributed by atoms with Gasteiger partial charge in [-0.1, -0.05) is 23.9 Å². The molecule has 27 heavy (non-hydrogen) atoms. The molecule has 3 aromatic rings. The van der Waals surface area contributed by atoms with Crippen LogP contribution in [0.3, 0.4) is 0 Å². The number of hydrazone groups is 1. The first-order valence-electron chi connectivity index (χ1n) is 7.79. The summed E-state index contributed by atoms with van der Waals surface area (Å²) in [6.07, 6.45) is 3.03. The minimum Gasteiger partial charge on any atom is -0.467 e. The molecule has 0 spiro atoms. The van der Waals surface area contributed by atoms with Crippen LogP contribution in [0.25, 0.3) is 0 Å². The lowest BCUT2D eigenvalue weighted by Crippen LogP contribution is -2.24. The van der Waals surface area contributed by atoms with Crippen LogP contribution in [-0.4, -0.2) is 32.7 Å². The largest absolute Gasteiger partial charge is 0.467 e.